The van der Waals surface area contributed by atoms with Gasteiger partial charge in [0.25, 0.3) is 0 Å². The van der Waals surface area contributed by atoms with Crippen LogP contribution in [-0.4, -0.2) is 58.2 Å². The summed E-state index contributed by atoms with van der Waals surface area (Å²) in [5.41, 5.74) is 5.38. The average molecular weight is 494 g/mol. The summed E-state index contributed by atoms with van der Waals surface area (Å²) in [4.78, 5) is 26.7. The third kappa shape index (κ3) is 4.58. The summed E-state index contributed by atoms with van der Waals surface area (Å²) in [5.74, 6) is 1.65. The van der Waals surface area contributed by atoms with E-state index in [1.165, 1.54) is 0 Å². The Balaban J connectivity index is 1.37. The van der Waals surface area contributed by atoms with Crippen molar-refractivity contribution in [1.29, 1.82) is 5.26 Å². The van der Waals surface area contributed by atoms with Gasteiger partial charge in [0.2, 0.25) is 5.91 Å². The number of aromatic nitrogens is 2. The highest BCUT2D eigenvalue weighted by Gasteiger charge is 2.41. The monoisotopic (exact) mass is 493 g/mol. The molecule has 3 aromatic rings. The van der Waals surface area contributed by atoms with Crippen LogP contribution in [0.5, 0.6) is 0 Å². The van der Waals surface area contributed by atoms with Crippen LogP contribution in [-0.2, 0) is 4.79 Å². The van der Waals surface area contributed by atoms with Gasteiger partial charge in [-0.05, 0) is 61.4 Å². The number of fused-ring (bicyclic) bond motifs is 1. The van der Waals surface area contributed by atoms with E-state index < -0.39 is 0 Å². The fraction of sp³-hybridized carbons (Fsp3) is 0.400. The third-order valence-electron chi connectivity index (χ3n) is 7.88. The van der Waals surface area contributed by atoms with Gasteiger partial charge in [-0.2, -0.15) is 5.26 Å². The van der Waals surface area contributed by atoms with E-state index in [-0.39, 0.29) is 25.0 Å². The molecular formula is C30H31N5O2. The Kier molecular flexibility index (Phi) is 6.13. The predicted molar refractivity (Wildman–Crippen MR) is 144 cm³/mol. The van der Waals surface area contributed by atoms with E-state index in [0.29, 0.717) is 37.0 Å². The van der Waals surface area contributed by atoms with Crippen LogP contribution in [0.15, 0.2) is 43.0 Å². The molecule has 3 heterocycles. The smallest absolute Gasteiger partial charge is 0.225 e. The molecule has 1 unspecified atom stereocenters. The van der Waals surface area contributed by atoms with Crippen LogP contribution in [0.4, 0.5) is 5.82 Å². The Bertz CT molecular complexity index is 1420. The van der Waals surface area contributed by atoms with Crippen molar-refractivity contribution >= 4 is 28.7 Å². The standard InChI is InChI=1S/C30H31N5O2/c1-2-24-10-9-19-3-8-22(16-26(19)32-24)25-15-23(17-31)30(33-29(25)21-6-7-21)34-12-13-35(28(37)11-14-36)27(18-34)20-4-5-20/h2-3,8-10,15-16,20-21,27,36H,1,4-7,11-14,18H2. The maximum Gasteiger partial charge on any atom is 0.225 e. The Morgan fingerprint density at radius 2 is 1.95 bits per heavy atom. The first-order chi connectivity index (χ1) is 18.1. The Labute approximate surface area is 217 Å². The first-order valence-corrected chi connectivity index (χ1v) is 13.2. The zero-order valence-electron chi connectivity index (χ0n) is 20.9. The summed E-state index contributed by atoms with van der Waals surface area (Å²) in [6, 6.07) is 14.8. The minimum Gasteiger partial charge on any atom is -0.396 e. The molecule has 1 N–H and O–H groups in total. The molecule has 7 nitrogen and oxygen atoms in total. The number of carbonyl (C=O) groups is 1. The highest BCUT2D eigenvalue weighted by molar-refractivity contribution is 5.86. The lowest BCUT2D eigenvalue weighted by atomic mass is 9.97. The van der Waals surface area contributed by atoms with Gasteiger partial charge in [-0.3, -0.25) is 4.79 Å². The molecule has 6 rings (SSSR count). The summed E-state index contributed by atoms with van der Waals surface area (Å²) in [7, 11) is 0. The van der Waals surface area contributed by atoms with Crippen LogP contribution in [0.3, 0.4) is 0 Å². The van der Waals surface area contributed by atoms with Gasteiger partial charge in [-0.15, -0.1) is 0 Å². The molecule has 3 fully saturated rings. The number of amides is 1. The molecule has 1 aromatic carbocycles. The van der Waals surface area contributed by atoms with Crippen LogP contribution < -0.4 is 4.90 Å². The van der Waals surface area contributed by atoms with E-state index >= 15 is 0 Å². The molecule has 0 spiro atoms. The number of piperazine rings is 1. The van der Waals surface area contributed by atoms with Gasteiger partial charge < -0.3 is 14.9 Å². The Morgan fingerprint density at radius 3 is 2.65 bits per heavy atom. The van der Waals surface area contributed by atoms with Crippen molar-refractivity contribution in [3.63, 3.8) is 0 Å². The molecule has 188 valence electrons. The molecule has 3 aliphatic rings. The molecule has 0 radical (unpaired) electrons. The number of nitriles is 1. The summed E-state index contributed by atoms with van der Waals surface area (Å²) in [6.45, 7) is 5.62. The Hall–Kier alpha value is -3.76. The largest absolute Gasteiger partial charge is 0.396 e. The maximum atomic E-state index is 12.7. The second kappa shape index (κ2) is 9.60. The molecule has 7 heteroatoms. The summed E-state index contributed by atoms with van der Waals surface area (Å²) < 4.78 is 0. The van der Waals surface area contributed by atoms with Crippen molar-refractivity contribution in [2.45, 2.75) is 44.1 Å². The fourth-order valence-corrected chi connectivity index (χ4v) is 5.59. The third-order valence-corrected chi connectivity index (χ3v) is 7.88. The number of carbonyl (C=O) groups excluding carboxylic acids is 1. The van der Waals surface area contributed by atoms with Gasteiger partial charge in [0.15, 0.2) is 0 Å². The van der Waals surface area contributed by atoms with Crippen molar-refractivity contribution in [2.75, 3.05) is 31.1 Å². The van der Waals surface area contributed by atoms with Gasteiger partial charge in [0.05, 0.1) is 35.1 Å². The number of benzene rings is 1. The number of rotatable bonds is 7. The summed E-state index contributed by atoms with van der Waals surface area (Å²) in [6.07, 6.45) is 6.36. The zero-order chi connectivity index (χ0) is 25.5. The van der Waals surface area contributed by atoms with Gasteiger partial charge in [-0.25, -0.2) is 9.97 Å². The maximum absolute atomic E-state index is 12.7. The van der Waals surface area contributed by atoms with Crippen molar-refractivity contribution < 1.29 is 9.90 Å². The molecule has 2 aliphatic carbocycles. The number of aliphatic hydroxyl groups excluding tert-OH is 1. The number of hydrogen-bond acceptors (Lipinski definition) is 6. The fourth-order valence-electron chi connectivity index (χ4n) is 5.59. The average Bonchev–Trinajstić information content (AvgIpc) is 3.85. The number of pyridine rings is 2. The highest BCUT2D eigenvalue weighted by Crippen LogP contribution is 2.45. The van der Waals surface area contributed by atoms with E-state index in [1.807, 2.05) is 23.1 Å². The van der Waals surface area contributed by atoms with Crippen LogP contribution in [0, 0.1) is 17.2 Å². The quantitative estimate of drug-likeness (QED) is 0.521. The number of aliphatic hydroxyl groups is 1. The molecule has 0 bridgehead atoms. The van der Waals surface area contributed by atoms with Crippen molar-refractivity contribution in [3.8, 4) is 17.2 Å². The van der Waals surface area contributed by atoms with Crippen LogP contribution in [0.2, 0.25) is 0 Å². The van der Waals surface area contributed by atoms with Gasteiger partial charge in [-0.1, -0.05) is 24.8 Å². The number of anilines is 1. The first-order valence-electron chi connectivity index (χ1n) is 13.2. The van der Waals surface area contributed by atoms with E-state index in [4.69, 9.17) is 9.97 Å². The minimum atomic E-state index is -0.123. The lowest BCUT2D eigenvalue weighted by Gasteiger charge is -2.42. The minimum absolute atomic E-state index is 0.0195. The summed E-state index contributed by atoms with van der Waals surface area (Å²) >= 11 is 0. The molecule has 2 aromatic heterocycles. The highest BCUT2D eigenvalue weighted by atomic mass is 16.3. The van der Waals surface area contributed by atoms with Crippen molar-refractivity contribution in [2.24, 2.45) is 5.92 Å². The topological polar surface area (TPSA) is 93.4 Å². The van der Waals surface area contributed by atoms with E-state index in [9.17, 15) is 15.2 Å². The molecule has 1 atom stereocenters. The lowest BCUT2D eigenvalue weighted by Crippen LogP contribution is -2.56. The molecule has 37 heavy (non-hydrogen) atoms. The second-order valence-corrected chi connectivity index (χ2v) is 10.4. The van der Waals surface area contributed by atoms with Crippen molar-refractivity contribution in [3.05, 3.63) is 59.9 Å². The lowest BCUT2D eigenvalue weighted by molar-refractivity contribution is -0.135. The first kappa shape index (κ1) is 23.6. The molecular weight excluding hydrogens is 462 g/mol. The van der Waals surface area contributed by atoms with Gasteiger partial charge >= 0.3 is 0 Å². The molecule has 1 amide bonds. The molecule has 1 aliphatic heterocycles. The second-order valence-electron chi connectivity index (χ2n) is 10.4. The normalized spacial score (nSPS) is 19.6. The van der Waals surface area contributed by atoms with E-state index in [1.54, 1.807) is 6.08 Å². The Morgan fingerprint density at radius 1 is 1.14 bits per heavy atom. The van der Waals surface area contributed by atoms with E-state index in [0.717, 1.165) is 64.9 Å². The summed E-state index contributed by atoms with van der Waals surface area (Å²) in [5, 5.41) is 20.5. The number of hydrogen-bond donors (Lipinski definition) is 1. The molecule has 1 saturated heterocycles. The van der Waals surface area contributed by atoms with E-state index in [2.05, 4.69) is 35.7 Å². The van der Waals surface area contributed by atoms with Crippen molar-refractivity contribution in [1.82, 2.24) is 14.9 Å². The zero-order valence-corrected chi connectivity index (χ0v) is 20.9. The molecule has 2 saturated carbocycles. The van der Waals surface area contributed by atoms with Crippen LogP contribution >= 0.6 is 0 Å². The van der Waals surface area contributed by atoms with Crippen LogP contribution in [0.1, 0.15) is 55.0 Å². The van der Waals surface area contributed by atoms with Crippen LogP contribution in [0.25, 0.3) is 28.1 Å². The SMILES string of the molecule is C=Cc1ccc2ccc(-c3cc(C#N)c(N4CCN(C(=O)CCO)C(C5CC5)C4)nc3C3CC3)cc2n1. The number of nitrogens with zero attached hydrogens (tertiary/aromatic N) is 5. The van der Waals surface area contributed by atoms with Gasteiger partial charge in [0, 0.05) is 42.9 Å². The van der Waals surface area contributed by atoms with Gasteiger partial charge in [0.1, 0.15) is 11.9 Å². The predicted octanol–water partition coefficient (Wildman–Crippen LogP) is 4.50.